The molecule has 2 nitrogen and oxygen atoms in total. The summed E-state index contributed by atoms with van der Waals surface area (Å²) in [6.07, 6.45) is 2.36. The van der Waals surface area contributed by atoms with Crippen LogP contribution in [0.4, 0.5) is 0 Å². The highest BCUT2D eigenvalue weighted by molar-refractivity contribution is 6.33. The summed E-state index contributed by atoms with van der Waals surface area (Å²) in [5.41, 5.74) is 6.84. The van der Waals surface area contributed by atoms with E-state index in [0.29, 0.717) is 12.0 Å². The van der Waals surface area contributed by atoms with E-state index in [2.05, 4.69) is 11.8 Å². The number of hydrogen-bond donors (Lipinski definition) is 1. The van der Waals surface area contributed by atoms with Gasteiger partial charge < -0.3 is 5.73 Å². The molecule has 5 heteroatoms. The van der Waals surface area contributed by atoms with Crippen molar-refractivity contribution in [3.05, 3.63) is 33.8 Å². The highest BCUT2D eigenvalue weighted by Crippen LogP contribution is 2.32. The molecule has 0 bridgehead atoms. The van der Waals surface area contributed by atoms with Crippen LogP contribution in [0.5, 0.6) is 0 Å². The maximum atomic E-state index is 6.26. The lowest BCUT2D eigenvalue weighted by Gasteiger charge is -2.36. The van der Waals surface area contributed by atoms with Gasteiger partial charge in [0.1, 0.15) is 0 Å². The highest BCUT2D eigenvalue weighted by Gasteiger charge is 2.24. The van der Waals surface area contributed by atoms with Gasteiger partial charge in [0.25, 0.3) is 0 Å². The minimum Gasteiger partial charge on any atom is -0.330 e. The maximum Gasteiger partial charge on any atom is 0.0454 e. The van der Waals surface area contributed by atoms with Crippen molar-refractivity contribution in [1.29, 1.82) is 0 Å². The number of benzene rings is 1. The molecule has 1 aromatic carbocycles. The van der Waals surface area contributed by atoms with Gasteiger partial charge in [0.2, 0.25) is 0 Å². The van der Waals surface area contributed by atoms with Crippen molar-refractivity contribution in [2.45, 2.75) is 25.8 Å². The predicted molar refractivity (Wildman–Crippen MR) is 85.5 cm³/mol. The Morgan fingerprint density at radius 2 is 1.95 bits per heavy atom. The number of hydrogen-bond acceptors (Lipinski definition) is 2. The van der Waals surface area contributed by atoms with E-state index in [4.69, 9.17) is 28.9 Å². The van der Waals surface area contributed by atoms with Crippen LogP contribution in [0.1, 0.15) is 31.4 Å². The molecule has 0 spiro atoms. The van der Waals surface area contributed by atoms with Gasteiger partial charge in [-0.05, 0) is 69.1 Å². The lowest BCUT2D eigenvalue weighted by atomic mass is 9.95. The fraction of sp³-hybridized carbons (Fsp3) is 0.571. The van der Waals surface area contributed by atoms with Gasteiger partial charge in [0.15, 0.2) is 0 Å². The van der Waals surface area contributed by atoms with Crippen molar-refractivity contribution >= 4 is 35.6 Å². The van der Waals surface area contributed by atoms with Crippen LogP contribution in [-0.2, 0) is 0 Å². The average molecular weight is 324 g/mol. The van der Waals surface area contributed by atoms with Gasteiger partial charge in [-0.2, -0.15) is 0 Å². The zero-order valence-electron chi connectivity index (χ0n) is 11.1. The standard InChI is InChI=1S/C14H20Cl2N2.ClH/c1-10(13-8-12(15)2-3-14(13)16)18-6-4-11(9-17)5-7-18;/h2-3,8,10-11H,4-7,9,17H2,1H3;1H. The molecule has 1 saturated heterocycles. The molecule has 1 aliphatic rings. The first-order chi connectivity index (χ1) is 8.61. The quantitative estimate of drug-likeness (QED) is 0.905. The van der Waals surface area contributed by atoms with E-state index in [1.54, 1.807) is 0 Å². The molecule has 0 aliphatic carbocycles. The molecule has 0 aromatic heterocycles. The summed E-state index contributed by atoms with van der Waals surface area (Å²) in [7, 11) is 0. The molecule has 2 rings (SSSR count). The van der Waals surface area contributed by atoms with E-state index in [9.17, 15) is 0 Å². The summed E-state index contributed by atoms with van der Waals surface area (Å²) in [6, 6.07) is 6.00. The topological polar surface area (TPSA) is 29.3 Å². The zero-order chi connectivity index (χ0) is 13.1. The van der Waals surface area contributed by atoms with Crippen molar-refractivity contribution < 1.29 is 0 Å². The van der Waals surface area contributed by atoms with E-state index in [0.717, 1.165) is 35.2 Å². The molecule has 1 fully saturated rings. The Bertz CT molecular complexity index is 404. The minimum atomic E-state index is 0. The third-order valence-corrected chi connectivity index (χ3v) is 4.52. The van der Waals surface area contributed by atoms with Gasteiger partial charge in [0.05, 0.1) is 0 Å². The molecular formula is C14H21Cl3N2. The van der Waals surface area contributed by atoms with E-state index in [-0.39, 0.29) is 12.4 Å². The average Bonchev–Trinajstić information content (AvgIpc) is 2.41. The Labute approximate surface area is 131 Å². The molecule has 0 saturated carbocycles. The molecule has 0 amide bonds. The molecule has 1 heterocycles. The number of likely N-dealkylation sites (tertiary alicyclic amines) is 1. The number of halogens is 3. The summed E-state index contributed by atoms with van der Waals surface area (Å²) < 4.78 is 0. The number of nitrogens with zero attached hydrogens (tertiary/aromatic N) is 1. The lowest BCUT2D eigenvalue weighted by molar-refractivity contribution is 0.143. The largest absolute Gasteiger partial charge is 0.330 e. The van der Waals surface area contributed by atoms with Gasteiger partial charge in [-0.3, -0.25) is 4.90 Å². The molecule has 1 unspecified atom stereocenters. The summed E-state index contributed by atoms with van der Waals surface area (Å²) in [5, 5.41) is 1.55. The second-order valence-corrected chi connectivity index (χ2v) is 5.90. The van der Waals surface area contributed by atoms with Gasteiger partial charge in [-0.1, -0.05) is 23.2 Å². The molecule has 1 aromatic rings. The Kier molecular flexibility index (Phi) is 6.92. The summed E-state index contributed by atoms with van der Waals surface area (Å²) in [4.78, 5) is 2.46. The van der Waals surface area contributed by atoms with Crippen molar-refractivity contribution in [2.75, 3.05) is 19.6 Å². The normalized spacial score (nSPS) is 18.9. The summed E-state index contributed by atoms with van der Waals surface area (Å²) in [6.45, 7) is 5.18. The van der Waals surface area contributed by atoms with Gasteiger partial charge in [-0.15, -0.1) is 12.4 Å². The monoisotopic (exact) mass is 322 g/mol. The molecule has 2 N–H and O–H groups in total. The Balaban J connectivity index is 0.00000180. The van der Waals surface area contributed by atoms with Gasteiger partial charge >= 0.3 is 0 Å². The molecule has 1 atom stereocenters. The van der Waals surface area contributed by atoms with Crippen LogP contribution >= 0.6 is 35.6 Å². The second-order valence-electron chi connectivity index (χ2n) is 5.06. The van der Waals surface area contributed by atoms with Crippen molar-refractivity contribution in [2.24, 2.45) is 11.7 Å². The zero-order valence-corrected chi connectivity index (χ0v) is 13.4. The summed E-state index contributed by atoms with van der Waals surface area (Å²) in [5.74, 6) is 0.684. The van der Waals surface area contributed by atoms with Crippen LogP contribution in [-0.4, -0.2) is 24.5 Å². The van der Waals surface area contributed by atoms with Crippen LogP contribution in [0.15, 0.2) is 18.2 Å². The first-order valence-electron chi connectivity index (χ1n) is 6.51. The van der Waals surface area contributed by atoms with Crippen LogP contribution in [0.2, 0.25) is 10.0 Å². The molecule has 19 heavy (non-hydrogen) atoms. The summed E-state index contributed by atoms with van der Waals surface area (Å²) >= 11 is 12.3. The molecule has 108 valence electrons. The maximum absolute atomic E-state index is 6.26. The minimum absolute atomic E-state index is 0. The van der Waals surface area contributed by atoms with Gasteiger partial charge in [0, 0.05) is 16.1 Å². The Hall–Kier alpha value is 0.01000. The first-order valence-corrected chi connectivity index (χ1v) is 7.26. The highest BCUT2D eigenvalue weighted by atomic mass is 35.5. The fourth-order valence-corrected chi connectivity index (χ4v) is 3.06. The number of nitrogens with two attached hydrogens (primary N) is 1. The Morgan fingerprint density at radius 1 is 1.32 bits per heavy atom. The van der Waals surface area contributed by atoms with Crippen LogP contribution in [0.25, 0.3) is 0 Å². The van der Waals surface area contributed by atoms with Crippen LogP contribution < -0.4 is 5.73 Å². The smallest absolute Gasteiger partial charge is 0.0454 e. The molecular weight excluding hydrogens is 303 g/mol. The van der Waals surface area contributed by atoms with Crippen molar-refractivity contribution in [1.82, 2.24) is 4.90 Å². The van der Waals surface area contributed by atoms with E-state index in [1.807, 2.05) is 18.2 Å². The van der Waals surface area contributed by atoms with Crippen LogP contribution in [0, 0.1) is 5.92 Å². The van der Waals surface area contributed by atoms with E-state index >= 15 is 0 Å². The third kappa shape index (κ3) is 4.24. The Morgan fingerprint density at radius 3 is 2.53 bits per heavy atom. The third-order valence-electron chi connectivity index (χ3n) is 3.94. The predicted octanol–water partition coefficient (Wildman–Crippen LogP) is 4.15. The van der Waals surface area contributed by atoms with E-state index in [1.165, 1.54) is 12.8 Å². The number of rotatable bonds is 3. The van der Waals surface area contributed by atoms with E-state index < -0.39 is 0 Å². The molecule has 1 aliphatic heterocycles. The molecule has 0 radical (unpaired) electrons. The number of piperidine rings is 1. The second kappa shape index (κ2) is 7.70. The fourth-order valence-electron chi connectivity index (χ4n) is 2.61. The van der Waals surface area contributed by atoms with Gasteiger partial charge in [-0.25, -0.2) is 0 Å². The SMILES string of the molecule is CC(c1cc(Cl)ccc1Cl)N1CCC(CN)CC1.Cl. The first kappa shape index (κ1) is 17.1. The van der Waals surface area contributed by atoms with Crippen molar-refractivity contribution in [3.63, 3.8) is 0 Å². The van der Waals surface area contributed by atoms with Crippen molar-refractivity contribution in [3.8, 4) is 0 Å². The van der Waals surface area contributed by atoms with Crippen LogP contribution in [0.3, 0.4) is 0 Å². The lowest BCUT2D eigenvalue weighted by Crippen LogP contribution is -2.37.